The standard InChI is InChI=1S/C11H12ClNO5S/c1-3-7-5-10(19(17,18)4-2)9(13(15)16)6-8(7)11(12)14/h5-6H,3-4H2,1-2H3. The summed E-state index contributed by atoms with van der Waals surface area (Å²) in [5.74, 6) is -0.259. The Bertz CT molecular complexity index is 639. The predicted octanol–water partition coefficient (Wildman–Crippen LogP) is 2.33. The van der Waals surface area contributed by atoms with Crippen LogP contribution >= 0.6 is 11.6 Å². The summed E-state index contributed by atoms with van der Waals surface area (Å²) in [5.41, 5.74) is -0.286. The summed E-state index contributed by atoms with van der Waals surface area (Å²) in [4.78, 5) is 21.0. The third-order valence-corrected chi connectivity index (χ3v) is 4.65. The van der Waals surface area contributed by atoms with Gasteiger partial charge in [-0.1, -0.05) is 13.8 Å². The number of aryl methyl sites for hydroxylation is 1. The molecule has 19 heavy (non-hydrogen) atoms. The first-order chi connectivity index (χ1) is 8.74. The van der Waals surface area contributed by atoms with Gasteiger partial charge in [-0.2, -0.15) is 0 Å². The Morgan fingerprint density at radius 1 is 1.37 bits per heavy atom. The van der Waals surface area contributed by atoms with Gasteiger partial charge < -0.3 is 0 Å². The molecule has 1 aromatic rings. The third kappa shape index (κ3) is 3.10. The van der Waals surface area contributed by atoms with Crippen LogP contribution in [0.1, 0.15) is 29.8 Å². The summed E-state index contributed by atoms with van der Waals surface area (Å²) in [6.45, 7) is 3.10. The second-order valence-electron chi connectivity index (χ2n) is 3.76. The van der Waals surface area contributed by atoms with E-state index in [1.165, 1.54) is 6.92 Å². The van der Waals surface area contributed by atoms with Crippen LogP contribution in [-0.2, 0) is 16.3 Å². The van der Waals surface area contributed by atoms with Gasteiger partial charge in [0.2, 0.25) is 0 Å². The molecule has 0 unspecified atom stereocenters. The van der Waals surface area contributed by atoms with E-state index in [1.807, 2.05) is 0 Å². The number of benzene rings is 1. The minimum atomic E-state index is -3.74. The quantitative estimate of drug-likeness (QED) is 0.472. The molecular weight excluding hydrogens is 294 g/mol. The van der Waals surface area contributed by atoms with Gasteiger partial charge in [-0.15, -0.1) is 0 Å². The summed E-state index contributed by atoms with van der Waals surface area (Å²) in [5, 5.41) is 10.1. The third-order valence-electron chi connectivity index (χ3n) is 2.69. The number of halogens is 1. The van der Waals surface area contributed by atoms with E-state index in [4.69, 9.17) is 11.6 Å². The Morgan fingerprint density at radius 2 is 1.95 bits per heavy atom. The summed E-state index contributed by atoms with van der Waals surface area (Å²) >= 11 is 5.35. The maximum absolute atomic E-state index is 11.9. The highest BCUT2D eigenvalue weighted by molar-refractivity contribution is 7.91. The average Bonchev–Trinajstić information content (AvgIpc) is 2.36. The van der Waals surface area contributed by atoms with Crippen LogP contribution in [0.4, 0.5) is 5.69 Å². The zero-order chi connectivity index (χ0) is 14.8. The normalized spacial score (nSPS) is 11.3. The van der Waals surface area contributed by atoms with E-state index >= 15 is 0 Å². The van der Waals surface area contributed by atoms with Gasteiger partial charge >= 0.3 is 0 Å². The number of sulfone groups is 1. The zero-order valence-electron chi connectivity index (χ0n) is 10.3. The number of rotatable bonds is 5. The molecule has 0 radical (unpaired) electrons. The van der Waals surface area contributed by atoms with E-state index < -0.39 is 25.7 Å². The van der Waals surface area contributed by atoms with Crippen molar-refractivity contribution >= 4 is 32.4 Å². The van der Waals surface area contributed by atoms with Gasteiger partial charge in [-0.25, -0.2) is 8.42 Å². The van der Waals surface area contributed by atoms with E-state index in [-0.39, 0.29) is 16.2 Å². The lowest BCUT2D eigenvalue weighted by Crippen LogP contribution is -2.10. The van der Waals surface area contributed by atoms with Crippen molar-refractivity contribution in [2.45, 2.75) is 25.2 Å². The van der Waals surface area contributed by atoms with Gasteiger partial charge in [0.1, 0.15) is 4.90 Å². The monoisotopic (exact) mass is 305 g/mol. The molecule has 0 N–H and O–H groups in total. The van der Waals surface area contributed by atoms with Crippen LogP contribution in [0.15, 0.2) is 17.0 Å². The molecule has 0 saturated heterocycles. The van der Waals surface area contributed by atoms with Gasteiger partial charge in [-0.3, -0.25) is 14.9 Å². The van der Waals surface area contributed by atoms with Gasteiger partial charge in [-0.05, 0) is 29.7 Å². The second kappa shape index (κ2) is 5.66. The van der Waals surface area contributed by atoms with Crippen LogP contribution in [0.5, 0.6) is 0 Å². The molecule has 0 bridgehead atoms. The molecular formula is C11H12ClNO5S. The second-order valence-corrected chi connectivity index (χ2v) is 6.35. The number of nitrogens with zero attached hydrogens (tertiary/aromatic N) is 1. The number of nitro benzene ring substituents is 1. The smallest absolute Gasteiger partial charge is 0.276 e. The highest BCUT2D eigenvalue weighted by Crippen LogP contribution is 2.29. The number of hydrogen-bond acceptors (Lipinski definition) is 5. The molecule has 6 nitrogen and oxygen atoms in total. The first-order valence-corrected chi connectivity index (χ1v) is 7.51. The molecule has 0 aromatic heterocycles. The van der Waals surface area contributed by atoms with E-state index in [2.05, 4.69) is 0 Å². The van der Waals surface area contributed by atoms with E-state index in [0.717, 1.165) is 12.1 Å². The van der Waals surface area contributed by atoms with Gasteiger partial charge in [0.15, 0.2) is 9.84 Å². The molecule has 0 aliphatic rings. The topological polar surface area (TPSA) is 94.3 Å². The summed E-state index contributed by atoms with van der Waals surface area (Å²) in [7, 11) is -3.74. The molecule has 0 spiro atoms. The van der Waals surface area contributed by atoms with E-state index in [0.29, 0.717) is 12.0 Å². The fourth-order valence-electron chi connectivity index (χ4n) is 1.63. The molecule has 8 heteroatoms. The lowest BCUT2D eigenvalue weighted by Gasteiger charge is -2.08. The molecule has 0 fully saturated rings. The zero-order valence-corrected chi connectivity index (χ0v) is 11.9. The average molecular weight is 306 g/mol. The number of carbonyl (C=O) groups is 1. The SMILES string of the molecule is CCc1cc(S(=O)(=O)CC)c([N+](=O)[O-])cc1C(=O)Cl. The lowest BCUT2D eigenvalue weighted by molar-refractivity contribution is -0.387. The van der Waals surface area contributed by atoms with Gasteiger partial charge in [0.05, 0.1) is 10.7 Å². The predicted molar refractivity (Wildman–Crippen MR) is 70.4 cm³/mol. The maximum Gasteiger partial charge on any atom is 0.288 e. The molecule has 0 aliphatic carbocycles. The number of nitro groups is 1. The first-order valence-electron chi connectivity index (χ1n) is 5.48. The molecule has 1 rings (SSSR count). The molecule has 1 aromatic carbocycles. The Balaban J connectivity index is 3.74. The van der Waals surface area contributed by atoms with Crippen molar-refractivity contribution < 1.29 is 18.1 Å². The minimum Gasteiger partial charge on any atom is -0.276 e. The lowest BCUT2D eigenvalue weighted by atomic mass is 10.1. The van der Waals surface area contributed by atoms with Crippen LogP contribution in [0.2, 0.25) is 0 Å². The van der Waals surface area contributed by atoms with Crippen molar-refractivity contribution in [2.75, 3.05) is 5.75 Å². The Hall–Kier alpha value is -1.47. The van der Waals surface area contributed by atoms with E-state index in [1.54, 1.807) is 6.92 Å². The Kier molecular flexibility index (Phi) is 4.65. The van der Waals surface area contributed by atoms with Crippen molar-refractivity contribution in [3.63, 3.8) is 0 Å². The highest BCUT2D eigenvalue weighted by Gasteiger charge is 2.27. The van der Waals surface area contributed by atoms with Crippen molar-refractivity contribution in [1.82, 2.24) is 0 Å². The van der Waals surface area contributed by atoms with Crippen molar-refractivity contribution in [3.8, 4) is 0 Å². The van der Waals surface area contributed by atoms with Crippen molar-refractivity contribution in [2.24, 2.45) is 0 Å². The Labute approximate surface area is 115 Å². The van der Waals surface area contributed by atoms with Crippen LogP contribution in [-0.4, -0.2) is 24.3 Å². The summed E-state index contributed by atoms with van der Waals surface area (Å²) in [6, 6.07) is 2.09. The molecule has 0 amide bonds. The number of hydrogen-bond donors (Lipinski definition) is 0. The maximum atomic E-state index is 11.9. The first kappa shape index (κ1) is 15.6. The Morgan fingerprint density at radius 3 is 2.32 bits per heavy atom. The van der Waals surface area contributed by atoms with Crippen LogP contribution in [0.25, 0.3) is 0 Å². The number of carbonyl (C=O) groups excluding carboxylic acids is 1. The van der Waals surface area contributed by atoms with Crippen molar-refractivity contribution in [3.05, 3.63) is 33.4 Å². The molecule has 0 saturated carbocycles. The molecule has 0 atom stereocenters. The largest absolute Gasteiger partial charge is 0.288 e. The van der Waals surface area contributed by atoms with Crippen molar-refractivity contribution in [1.29, 1.82) is 0 Å². The molecule has 0 aliphatic heterocycles. The molecule has 0 heterocycles. The van der Waals surface area contributed by atoms with Crippen LogP contribution in [0.3, 0.4) is 0 Å². The van der Waals surface area contributed by atoms with Gasteiger partial charge in [0.25, 0.3) is 10.9 Å². The van der Waals surface area contributed by atoms with Gasteiger partial charge in [0, 0.05) is 11.6 Å². The molecule has 104 valence electrons. The minimum absolute atomic E-state index is 0.0362. The van der Waals surface area contributed by atoms with Crippen LogP contribution in [0, 0.1) is 10.1 Å². The van der Waals surface area contributed by atoms with Crippen LogP contribution < -0.4 is 0 Å². The summed E-state index contributed by atoms with van der Waals surface area (Å²) in [6.07, 6.45) is 0.345. The van der Waals surface area contributed by atoms with E-state index in [9.17, 15) is 23.3 Å². The summed E-state index contributed by atoms with van der Waals surface area (Å²) < 4.78 is 23.7. The highest BCUT2D eigenvalue weighted by atomic mass is 35.5. The fourth-order valence-corrected chi connectivity index (χ4v) is 2.89. The fraction of sp³-hybridized carbons (Fsp3) is 0.364.